The van der Waals surface area contributed by atoms with Crippen molar-refractivity contribution < 1.29 is 8.42 Å². The van der Waals surface area contributed by atoms with Crippen LogP contribution in [0.15, 0.2) is 0 Å². The van der Waals surface area contributed by atoms with Crippen molar-refractivity contribution in [2.75, 3.05) is 44.7 Å². The van der Waals surface area contributed by atoms with Crippen LogP contribution in [0, 0.1) is 11.3 Å². The highest BCUT2D eigenvalue weighted by Gasteiger charge is 2.23. The Morgan fingerprint density at radius 1 is 1.28 bits per heavy atom. The summed E-state index contributed by atoms with van der Waals surface area (Å²) in [5.74, 6) is 0.226. The molecule has 1 heterocycles. The topological polar surface area (TPSA) is 64.4 Å². The van der Waals surface area contributed by atoms with E-state index >= 15 is 0 Å². The standard InChI is InChI=1S/C12H23N3O2S/c1-3-4-12(11-13)15-7-5-14(6-8-15)9-10-18(2,16)17/h12H,3-10H2,1-2H3. The molecule has 0 amide bonds. The van der Waals surface area contributed by atoms with Crippen molar-refractivity contribution in [3.63, 3.8) is 0 Å². The quantitative estimate of drug-likeness (QED) is 0.698. The van der Waals surface area contributed by atoms with Crippen molar-refractivity contribution in [3.8, 4) is 6.07 Å². The third-order valence-electron chi connectivity index (χ3n) is 3.34. The Morgan fingerprint density at radius 2 is 1.89 bits per heavy atom. The van der Waals surface area contributed by atoms with E-state index in [9.17, 15) is 8.42 Å². The van der Waals surface area contributed by atoms with E-state index in [1.165, 1.54) is 6.26 Å². The Balaban J connectivity index is 2.34. The Bertz CT molecular complexity index is 381. The molecule has 6 heteroatoms. The van der Waals surface area contributed by atoms with Crippen LogP contribution >= 0.6 is 0 Å². The second-order valence-corrected chi connectivity index (χ2v) is 7.20. The summed E-state index contributed by atoms with van der Waals surface area (Å²) in [5.41, 5.74) is 0. The van der Waals surface area contributed by atoms with Crippen LogP contribution in [0.1, 0.15) is 19.8 Å². The monoisotopic (exact) mass is 273 g/mol. The van der Waals surface area contributed by atoms with Crippen LogP contribution in [-0.2, 0) is 9.84 Å². The smallest absolute Gasteiger partial charge is 0.148 e. The lowest BCUT2D eigenvalue weighted by Gasteiger charge is -2.36. The summed E-state index contributed by atoms with van der Waals surface area (Å²) in [6, 6.07) is 2.38. The third-order valence-corrected chi connectivity index (χ3v) is 4.26. The number of hydrogen-bond donors (Lipinski definition) is 0. The highest BCUT2D eigenvalue weighted by atomic mass is 32.2. The summed E-state index contributed by atoms with van der Waals surface area (Å²) in [6.45, 7) is 6.14. The Labute approximate surface area is 110 Å². The van der Waals surface area contributed by atoms with Crippen molar-refractivity contribution >= 4 is 9.84 Å². The van der Waals surface area contributed by atoms with Crippen LogP contribution in [0.2, 0.25) is 0 Å². The first-order chi connectivity index (χ1) is 8.46. The van der Waals surface area contributed by atoms with Crippen LogP contribution < -0.4 is 0 Å². The molecule has 0 aliphatic carbocycles. The number of hydrogen-bond acceptors (Lipinski definition) is 5. The second-order valence-electron chi connectivity index (χ2n) is 4.94. The molecule has 18 heavy (non-hydrogen) atoms. The molecule has 1 unspecified atom stereocenters. The predicted molar refractivity (Wildman–Crippen MR) is 72.0 cm³/mol. The fourth-order valence-corrected chi connectivity index (χ4v) is 2.79. The van der Waals surface area contributed by atoms with E-state index < -0.39 is 9.84 Å². The molecule has 1 atom stereocenters. The van der Waals surface area contributed by atoms with Crippen LogP contribution in [-0.4, -0.2) is 69.0 Å². The maximum absolute atomic E-state index is 11.1. The zero-order valence-electron chi connectivity index (χ0n) is 11.3. The molecule has 104 valence electrons. The van der Waals surface area contributed by atoms with Gasteiger partial charge in [-0.3, -0.25) is 9.80 Å². The van der Waals surface area contributed by atoms with E-state index in [4.69, 9.17) is 5.26 Å². The van der Waals surface area contributed by atoms with Crippen LogP contribution in [0.5, 0.6) is 0 Å². The van der Waals surface area contributed by atoms with Gasteiger partial charge >= 0.3 is 0 Å². The predicted octanol–water partition coefficient (Wildman–Crippen LogP) is 0.341. The third kappa shape index (κ3) is 5.34. The van der Waals surface area contributed by atoms with Crippen LogP contribution in [0.3, 0.4) is 0 Å². The molecule has 0 aromatic heterocycles. The Kier molecular flexibility index (Phi) is 6.06. The van der Waals surface area contributed by atoms with Crippen molar-refractivity contribution in [2.24, 2.45) is 0 Å². The zero-order chi connectivity index (χ0) is 13.6. The second kappa shape index (κ2) is 7.07. The molecule has 5 nitrogen and oxygen atoms in total. The summed E-state index contributed by atoms with van der Waals surface area (Å²) in [5, 5.41) is 9.10. The number of piperazine rings is 1. The molecular weight excluding hydrogens is 250 g/mol. The average molecular weight is 273 g/mol. The lowest BCUT2D eigenvalue weighted by Crippen LogP contribution is -2.50. The maximum atomic E-state index is 11.1. The van der Waals surface area contributed by atoms with Crippen molar-refractivity contribution in [2.45, 2.75) is 25.8 Å². The van der Waals surface area contributed by atoms with Crippen LogP contribution in [0.4, 0.5) is 0 Å². The molecule has 1 aliphatic rings. The van der Waals surface area contributed by atoms with Gasteiger partial charge in [0.25, 0.3) is 0 Å². The Morgan fingerprint density at radius 3 is 2.33 bits per heavy atom. The highest BCUT2D eigenvalue weighted by molar-refractivity contribution is 7.90. The number of nitrogens with zero attached hydrogens (tertiary/aromatic N) is 3. The molecule has 0 aromatic carbocycles. The first kappa shape index (κ1) is 15.4. The van der Waals surface area contributed by atoms with Gasteiger partial charge in [0.1, 0.15) is 9.84 Å². The molecule has 0 aromatic rings. The van der Waals surface area contributed by atoms with E-state index in [1.54, 1.807) is 0 Å². The zero-order valence-corrected chi connectivity index (χ0v) is 12.1. The van der Waals surface area contributed by atoms with E-state index in [0.29, 0.717) is 6.54 Å². The summed E-state index contributed by atoms with van der Waals surface area (Å²) in [6.07, 6.45) is 3.21. The molecule has 0 bridgehead atoms. The normalized spacial score (nSPS) is 20.5. The van der Waals surface area contributed by atoms with Gasteiger partial charge in [-0.1, -0.05) is 13.3 Å². The summed E-state index contributed by atoms with van der Waals surface area (Å²) in [7, 11) is -2.87. The van der Waals surface area contributed by atoms with Gasteiger partial charge in [0.2, 0.25) is 0 Å². The minimum absolute atomic E-state index is 0.0204. The van der Waals surface area contributed by atoms with Crippen LogP contribution in [0.25, 0.3) is 0 Å². The molecule has 0 N–H and O–H groups in total. The van der Waals surface area contributed by atoms with E-state index in [1.807, 2.05) is 0 Å². The first-order valence-corrected chi connectivity index (χ1v) is 8.56. The van der Waals surface area contributed by atoms with E-state index in [0.717, 1.165) is 39.0 Å². The minimum Gasteiger partial charge on any atom is -0.300 e. The fraction of sp³-hybridized carbons (Fsp3) is 0.917. The van der Waals surface area contributed by atoms with Gasteiger partial charge in [0, 0.05) is 39.0 Å². The SMILES string of the molecule is CCCC(C#N)N1CCN(CCS(C)(=O)=O)CC1. The number of nitriles is 1. The van der Waals surface area contributed by atoms with Gasteiger partial charge < -0.3 is 0 Å². The van der Waals surface area contributed by atoms with Gasteiger partial charge in [0.05, 0.1) is 17.9 Å². The lowest BCUT2D eigenvalue weighted by atomic mass is 10.1. The van der Waals surface area contributed by atoms with Crippen molar-refractivity contribution in [1.29, 1.82) is 5.26 Å². The molecule has 0 radical (unpaired) electrons. The number of rotatable bonds is 6. The minimum atomic E-state index is -2.87. The molecule has 0 spiro atoms. The summed E-state index contributed by atoms with van der Waals surface area (Å²) < 4.78 is 22.2. The molecule has 0 saturated carbocycles. The molecule has 1 aliphatic heterocycles. The molecular formula is C12H23N3O2S. The lowest BCUT2D eigenvalue weighted by molar-refractivity contribution is 0.115. The first-order valence-electron chi connectivity index (χ1n) is 6.50. The summed E-state index contributed by atoms with van der Waals surface area (Å²) in [4.78, 5) is 4.37. The molecule has 1 saturated heterocycles. The largest absolute Gasteiger partial charge is 0.300 e. The highest BCUT2D eigenvalue weighted by Crippen LogP contribution is 2.10. The molecule has 1 fully saturated rings. The van der Waals surface area contributed by atoms with Crippen molar-refractivity contribution in [1.82, 2.24) is 9.80 Å². The van der Waals surface area contributed by atoms with Crippen molar-refractivity contribution in [3.05, 3.63) is 0 Å². The van der Waals surface area contributed by atoms with E-state index in [2.05, 4.69) is 22.8 Å². The van der Waals surface area contributed by atoms with Gasteiger partial charge in [-0.15, -0.1) is 0 Å². The van der Waals surface area contributed by atoms with Gasteiger partial charge in [-0.05, 0) is 6.42 Å². The van der Waals surface area contributed by atoms with E-state index in [-0.39, 0.29) is 11.8 Å². The van der Waals surface area contributed by atoms with Gasteiger partial charge in [0.15, 0.2) is 0 Å². The Hall–Kier alpha value is -0.640. The maximum Gasteiger partial charge on any atom is 0.148 e. The molecule has 1 rings (SSSR count). The fourth-order valence-electron chi connectivity index (χ4n) is 2.20. The van der Waals surface area contributed by atoms with Gasteiger partial charge in [-0.25, -0.2) is 8.42 Å². The average Bonchev–Trinajstić information content (AvgIpc) is 2.33. The number of sulfone groups is 1. The summed E-state index contributed by atoms with van der Waals surface area (Å²) >= 11 is 0. The van der Waals surface area contributed by atoms with Gasteiger partial charge in [-0.2, -0.15) is 5.26 Å².